The summed E-state index contributed by atoms with van der Waals surface area (Å²) in [6.07, 6.45) is 1.61. The van der Waals surface area contributed by atoms with Crippen LogP contribution in [0.15, 0.2) is 30.5 Å². The molecular weight excluding hydrogens is 292 g/mol. The lowest BCUT2D eigenvalue weighted by atomic mass is 10.2. The summed E-state index contributed by atoms with van der Waals surface area (Å²) in [5.41, 5.74) is 2.00. The quantitative estimate of drug-likeness (QED) is 0.911. The van der Waals surface area contributed by atoms with E-state index < -0.39 is 0 Å². The van der Waals surface area contributed by atoms with E-state index in [0.29, 0.717) is 22.1 Å². The normalized spacial score (nSPS) is 10.2. The zero-order chi connectivity index (χ0) is 15.4. The lowest BCUT2D eigenvalue weighted by Gasteiger charge is -2.07. The molecule has 1 aromatic carbocycles. The number of nitrogens with one attached hydrogen (secondary N) is 2. The average molecular weight is 307 g/mol. The Balaban J connectivity index is 1.94. The molecule has 0 saturated carbocycles. The fourth-order valence-electron chi connectivity index (χ4n) is 1.76. The second-order valence-corrected chi connectivity index (χ2v) is 4.97. The van der Waals surface area contributed by atoms with Crippen molar-refractivity contribution < 1.29 is 9.59 Å². The maximum absolute atomic E-state index is 11.9. The topological polar surface area (TPSA) is 76.0 Å². The molecule has 7 heteroatoms. The van der Waals surface area contributed by atoms with Gasteiger partial charge in [-0.1, -0.05) is 11.6 Å². The maximum atomic E-state index is 11.9. The Morgan fingerprint density at radius 3 is 2.24 bits per heavy atom. The molecule has 0 fully saturated rings. The zero-order valence-corrected chi connectivity index (χ0v) is 12.4. The number of carbonyl (C=O) groups excluding carboxylic acids is 2. The molecule has 0 saturated heterocycles. The maximum Gasteiger partial charge on any atom is 0.246 e. The third kappa shape index (κ3) is 4.32. The first kappa shape index (κ1) is 15.1. The van der Waals surface area contributed by atoms with Crippen LogP contribution >= 0.6 is 11.6 Å². The number of hydrogen-bond donors (Lipinski definition) is 2. The molecule has 6 nitrogen and oxygen atoms in total. The van der Waals surface area contributed by atoms with Crippen LogP contribution in [0.4, 0.5) is 11.4 Å². The predicted molar refractivity (Wildman–Crippen MR) is 81.3 cm³/mol. The minimum Gasteiger partial charge on any atom is -0.326 e. The Bertz CT molecular complexity index is 645. The van der Waals surface area contributed by atoms with Gasteiger partial charge in [-0.3, -0.25) is 14.3 Å². The van der Waals surface area contributed by atoms with Crippen molar-refractivity contribution in [2.45, 2.75) is 20.4 Å². The molecule has 2 aromatic rings. The van der Waals surface area contributed by atoms with Gasteiger partial charge in [0.25, 0.3) is 0 Å². The van der Waals surface area contributed by atoms with E-state index in [-0.39, 0.29) is 18.4 Å². The molecule has 2 N–H and O–H groups in total. The molecule has 1 heterocycles. The first-order valence-electron chi connectivity index (χ1n) is 6.31. The Morgan fingerprint density at radius 1 is 1.19 bits per heavy atom. The number of halogens is 1. The molecule has 0 aliphatic rings. The molecule has 21 heavy (non-hydrogen) atoms. The number of carbonyl (C=O) groups is 2. The van der Waals surface area contributed by atoms with Crippen molar-refractivity contribution in [3.63, 3.8) is 0 Å². The third-order valence-corrected chi connectivity index (χ3v) is 3.05. The first-order valence-corrected chi connectivity index (χ1v) is 6.69. The van der Waals surface area contributed by atoms with Crippen LogP contribution in [0.5, 0.6) is 0 Å². The van der Waals surface area contributed by atoms with E-state index in [9.17, 15) is 9.59 Å². The van der Waals surface area contributed by atoms with E-state index >= 15 is 0 Å². The van der Waals surface area contributed by atoms with Gasteiger partial charge in [-0.05, 0) is 31.2 Å². The molecular formula is C14H15ClN4O2. The van der Waals surface area contributed by atoms with E-state index in [4.69, 9.17) is 11.6 Å². The second kappa shape index (κ2) is 6.41. The van der Waals surface area contributed by atoms with Gasteiger partial charge in [0.05, 0.1) is 10.7 Å². The molecule has 2 amide bonds. The Labute approximate surface area is 127 Å². The summed E-state index contributed by atoms with van der Waals surface area (Å²) in [5.74, 6) is -0.348. The summed E-state index contributed by atoms with van der Waals surface area (Å²) in [7, 11) is 0. The van der Waals surface area contributed by atoms with Gasteiger partial charge in [0.15, 0.2) is 0 Å². The number of anilines is 2. The SMILES string of the molecule is CC(=O)Nc1ccc(NC(=O)Cn2cc(Cl)c(C)n2)cc1. The minimum absolute atomic E-state index is 0.0843. The second-order valence-electron chi connectivity index (χ2n) is 4.57. The number of hydrogen-bond acceptors (Lipinski definition) is 3. The number of nitrogens with zero attached hydrogens (tertiary/aromatic N) is 2. The van der Waals surface area contributed by atoms with E-state index in [1.54, 1.807) is 37.4 Å². The highest BCUT2D eigenvalue weighted by Gasteiger charge is 2.07. The van der Waals surface area contributed by atoms with Crippen molar-refractivity contribution >= 4 is 34.8 Å². The first-order chi connectivity index (χ1) is 9.94. The fraction of sp³-hybridized carbons (Fsp3) is 0.214. The average Bonchev–Trinajstić information content (AvgIpc) is 2.70. The molecule has 0 aliphatic heterocycles. The van der Waals surface area contributed by atoms with E-state index in [2.05, 4.69) is 15.7 Å². The van der Waals surface area contributed by atoms with Crippen LogP contribution in [0.1, 0.15) is 12.6 Å². The lowest BCUT2D eigenvalue weighted by molar-refractivity contribution is -0.117. The summed E-state index contributed by atoms with van der Waals surface area (Å²) in [5, 5.41) is 10.0. The van der Waals surface area contributed by atoms with Gasteiger partial charge in [0.1, 0.15) is 6.54 Å². The highest BCUT2D eigenvalue weighted by atomic mass is 35.5. The van der Waals surface area contributed by atoms with Gasteiger partial charge in [0, 0.05) is 24.5 Å². The van der Waals surface area contributed by atoms with Crippen LogP contribution in [-0.2, 0) is 16.1 Å². The van der Waals surface area contributed by atoms with E-state index in [1.807, 2.05) is 0 Å². The smallest absolute Gasteiger partial charge is 0.246 e. The van der Waals surface area contributed by atoms with Gasteiger partial charge in [-0.15, -0.1) is 0 Å². The van der Waals surface area contributed by atoms with Crippen molar-refractivity contribution in [3.8, 4) is 0 Å². The van der Waals surface area contributed by atoms with Crippen molar-refractivity contribution in [1.82, 2.24) is 9.78 Å². The van der Waals surface area contributed by atoms with Crippen LogP contribution in [0, 0.1) is 6.92 Å². The van der Waals surface area contributed by atoms with Crippen LogP contribution in [0.25, 0.3) is 0 Å². The summed E-state index contributed by atoms with van der Waals surface area (Å²) in [6, 6.07) is 6.85. The van der Waals surface area contributed by atoms with Gasteiger partial charge >= 0.3 is 0 Å². The summed E-state index contributed by atoms with van der Waals surface area (Å²) < 4.78 is 1.48. The van der Waals surface area contributed by atoms with E-state index in [1.165, 1.54) is 11.6 Å². The molecule has 0 unspecified atom stereocenters. The molecule has 0 atom stereocenters. The summed E-state index contributed by atoms with van der Waals surface area (Å²) in [4.78, 5) is 22.8. The van der Waals surface area contributed by atoms with Crippen LogP contribution in [0.3, 0.4) is 0 Å². The van der Waals surface area contributed by atoms with Crippen LogP contribution < -0.4 is 10.6 Å². The molecule has 0 aliphatic carbocycles. The van der Waals surface area contributed by atoms with Crippen molar-refractivity contribution in [3.05, 3.63) is 41.2 Å². The van der Waals surface area contributed by atoms with Gasteiger partial charge < -0.3 is 10.6 Å². The highest BCUT2D eigenvalue weighted by molar-refractivity contribution is 6.31. The molecule has 0 radical (unpaired) electrons. The highest BCUT2D eigenvalue weighted by Crippen LogP contribution is 2.14. The lowest BCUT2D eigenvalue weighted by Crippen LogP contribution is -2.19. The zero-order valence-electron chi connectivity index (χ0n) is 11.7. The number of aromatic nitrogens is 2. The van der Waals surface area contributed by atoms with Gasteiger partial charge in [0.2, 0.25) is 11.8 Å². The fourth-order valence-corrected chi connectivity index (χ4v) is 1.91. The standard InChI is InChI=1S/C14H15ClN4O2/c1-9-13(15)7-19(18-9)8-14(21)17-12-5-3-11(4-6-12)16-10(2)20/h3-7H,8H2,1-2H3,(H,16,20)(H,17,21). The van der Waals surface area contributed by atoms with Gasteiger partial charge in [-0.2, -0.15) is 5.10 Å². The van der Waals surface area contributed by atoms with E-state index in [0.717, 1.165) is 0 Å². The van der Waals surface area contributed by atoms with Crippen LogP contribution in [0.2, 0.25) is 5.02 Å². The molecule has 0 spiro atoms. The van der Waals surface area contributed by atoms with Gasteiger partial charge in [-0.25, -0.2) is 0 Å². The number of amides is 2. The number of rotatable bonds is 4. The van der Waals surface area contributed by atoms with Crippen molar-refractivity contribution in [2.75, 3.05) is 10.6 Å². The molecule has 2 rings (SSSR count). The van der Waals surface area contributed by atoms with Crippen molar-refractivity contribution in [2.24, 2.45) is 0 Å². The Hall–Kier alpha value is -2.34. The third-order valence-electron chi connectivity index (χ3n) is 2.68. The van der Waals surface area contributed by atoms with Crippen molar-refractivity contribution in [1.29, 1.82) is 0 Å². The minimum atomic E-state index is -0.207. The Morgan fingerprint density at radius 2 is 1.76 bits per heavy atom. The molecule has 0 bridgehead atoms. The summed E-state index contributed by atoms with van der Waals surface area (Å²) in [6.45, 7) is 3.30. The van der Waals surface area contributed by atoms with Crippen LogP contribution in [-0.4, -0.2) is 21.6 Å². The monoisotopic (exact) mass is 306 g/mol. The summed E-state index contributed by atoms with van der Waals surface area (Å²) >= 11 is 5.88. The largest absolute Gasteiger partial charge is 0.326 e. The molecule has 110 valence electrons. The number of benzene rings is 1. The molecule has 1 aromatic heterocycles. The Kier molecular flexibility index (Phi) is 4.59. The number of aryl methyl sites for hydroxylation is 1. The predicted octanol–water partition coefficient (Wildman–Crippen LogP) is 2.44.